The molecule has 5 aromatic rings. The van der Waals surface area contributed by atoms with Crippen LogP contribution in [0.4, 0.5) is 23.4 Å². The Morgan fingerprint density at radius 1 is 0.877 bits per heavy atom. The number of hydrogen-bond donors (Lipinski definition) is 0. The van der Waals surface area contributed by atoms with Crippen LogP contribution < -0.4 is 14.4 Å². The summed E-state index contributed by atoms with van der Waals surface area (Å²) in [6.45, 7) is 15.5. The van der Waals surface area contributed by atoms with Gasteiger partial charge < -0.3 is 24.0 Å². The monoisotopic (exact) mass is 913 g/mol. The predicted octanol–water partition coefficient (Wildman–Crippen LogP) is 9.87. The number of ether oxygens (including phenoxy) is 3. The topological polar surface area (TPSA) is 98.1 Å². The summed E-state index contributed by atoms with van der Waals surface area (Å²) in [5.41, 5.74) is 3.34. The van der Waals surface area contributed by atoms with Gasteiger partial charge in [0.2, 0.25) is 0 Å². The third-order valence-electron chi connectivity index (χ3n) is 14.1. The Morgan fingerprint density at radius 2 is 1.58 bits per heavy atom. The Morgan fingerprint density at radius 3 is 2.25 bits per heavy atom. The number of aryl methyl sites for hydroxylation is 1. The molecule has 2 fully saturated rings. The minimum Gasteiger partial charge on any atom is -0.468 e. The number of benzene rings is 3. The lowest BCUT2D eigenvalue weighted by molar-refractivity contribution is 0.0512. The van der Waals surface area contributed by atoms with E-state index in [1.807, 2.05) is 0 Å². The standard InChI is InChI=1S/C49H59F4N7O4Si/c1-29(2)65(30(3)4,31(5)6)22-15-34-37(50)14-13-32-23-33(64-28-62-9)24-35(40(32)34)41-38(51)25-36-44(43(41)53)54-48(63-27-49-16-10-19-59(49)20-11-17-49)55-46(36)58-18-12-21-60-39(26-58)42(52)45(56-60)47(61)57(7)8/h13-14,23-25,29-31H,10-12,16-21,26-28H2,1-9H3. The number of hydrogen-bond acceptors (Lipinski definition) is 9. The molecule has 1 amide bonds. The van der Waals surface area contributed by atoms with Gasteiger partial charge in [-0.2, -0.15) is 15.1 Å². The molecule has 16 heteroatoms. The fourth-order valence-electron chi connectivity index (χ4n) is 10.9. The maximum absolute atomic E-state index is 18.0. The number of halogens is 4. The molecule has 3 aromatic carbocycles. The van der Waals surface area contributed by atoms with Gasteiger partial charge in [-0.05, 0) is 91.5 Å². The second-order valence-electron chi connectivity index (χ2n) is 19.0. The largest absolute Gasteiger partial charge is 0.468 e. The molecule has 5 heterocycles. The molecule has 0 spiro atoms. The number of carbonyl (C=O) groups excluding carboxylic acids is 1. The first-order valence-corrected chi connectivity index (χ1v) is 24.9. The number of fused-ring (bicyclic) bond motifs is 4. The van der Waals surface area contributed by atoms with Crippen molar-refractivity contribution in [1.82, 2.24) is 29.5 Å². The lowest BCUT2D eigenvalue weighted by Gasteiger charge is -2.38. The molecule has 3 aliphatic rings. The molecule has 65 heavy (non-hydrogen) atoms. The first kappa shape index (κ1) is 46.3. The Kier molecular flexibility index (Phi) is 13.0. The molecule has 2 saturated heterocycles. The van der Waals surface area contributed by atoms with Gasteiger partial charge in [0.25, 0.3) is 5.91 Å². The first-order chi connectivity index (χ1) is 31.0. The minimum absolute atomic E-state index is 0.0214. The Balaban J connectivity index is 1.35. The molecular formula is C49H59F4N7O4Si. The summed E-state index contributed by atoms with van der Waals surface area (Å²) < 4.78 is 86.8. The number of rotatable bonds is 12. The van der Waals surface area contributed by atoms with Crippen LogP contribution in [0, 0.1) is 34.7 Å². The highest BCUT2D eigenvalue weighted by molar-refractivity contribution is 6.90. The van der Waals surface area contributed by atoms with Crippen LogP contribution in [0.1, 0.15) is 95.4 Å². The molecule has 0 N–H and O–H groups in total. The van der Waals surface area contributed by atoms with Gasteiger partial charge in [0.1, 0.15) is 43.4 Å². The maximum Gasteiger partial charge on any atom is 0.319 e. The fourth-order valence-corrected chi connectivity index (χ4v) is 16.1. The number of aromatic nitrogens is 4. The molecule has 0 radical (unpaired) electrons. The van der Waals surface area contributed by atoms with Crippen LogP contribution in [0.25, 0.3) is 32.8 Å². The number of anilines is 1. The van der Waals surface area contributed by atoms with E-state index in [-0.39, 0.29) is 98.5 Å². The lowest BCUT2D eigenvalue weighted by Crippen LogP contribution is -2.43. The van der Waals surface area contributed by atoms with Crippen LogP contribution in [-0.4, -0.2) is 103 Å². The van der Waals surface area contributed by atoms with Gasteiger partial charge >= 0.3 is 6.01 Å². The Hall–Kier alpha value is -5.24. The summed E-state index contributed by atoms with van der Waals surface area (Å²) in [4.78, 5) is 27.8. The molecule has 0 saturated carbocycles. The first-order valence-electron chi connectivity index (χ1n) is 22.7. The van der Waals surface area contributed by atoms with Crippen molar-refractivity contribution < 1.29 is 36.6 Å². The van der Waals surface area contributed by atoms with Crippen LogP contribution in [-0.2, 0) is 17.8 Å². The molecular weight excluding hydrogens is 855 g/mol. The summed E-state index contributed by atoms with van der Waals surface area (Å²) in [5.74, 6) is -0.326. The number of amides is 1. The molecule has 8 rings (SSSR count). The van der Waals surface area contributed by atoms with E-state index < -0.39 is 42.8 Å². The zero-order valence-electron chi connectivity index (χ0n) is 38.9. The van der Waals surface area contributed by atoms with Crippen molar-refractivity contribution in [3.05, 3.63) is 70.6 Å². The molecule has 2 aromatic heterocycles. The van der Waals surface area contributed by atoms with Crippen LogP contribution in [0.5, 0.6) is 11.8 Å². The van der Waals surface area contributed by atoms with E-state index in [1.165, 1.54) is 49.0 Å². The normalized spacial score (nSPS) is 16.3. The second kappa shape index (κ2) is 18.2. The molecule has 0 aliphatic carbocycles. The smallest absolute Gasteiger partial charge is 0.319 e. The van der Waals surface area contributed by atoms with Crippen LogP contribution >= 0.6 is 0 Å². The summed E-state index contributed by atoms with van der Waals surface area (Å²) in [5, 5.41) is 5.04. The number of methoxy groups -OCH3 is 1. The van der Waals surface area contributed by atoms with E-state index in [1.54, 1.807) is 17.0 Å². The highest BCUT2D eigenvalue weighted by Crippen LogP contribution is 2.45. The number of carbonyl (C=O) groups is 1. The Labute approximate surface area is 379 Å². The third-order valence-corrected chi connectivity index (χ3v) is 20.4. The van der Waals surface area contributed by atoms with Crippen molar-refractivity contribution in [3.63, 3.8) is 0 Å². The van der Waals surface area contributed by atoms with Crippen molar-refractivity contribution in [2.24, 2.45) is 0 Å². The molecule has 0 unspecified atom stereocenters. The van der Waals surface area contributed by atoms with E-state index in [2.05, 4.69) is 68.0 Å². The van der Waals surface area contributed by atoms with Crippen molar-refractivity contribution in [1.29, 1.82) is 0 Å². The fraction of sp³-hybridized carbons (Fsp3) is 0.510. The van der Waals surface area contributed by atoms with E-state index >= 15 is 17.6 Å². The molecule has 0 bridgehead atoms. The highest BCUT2D eigenvalue weighted by Gasteiger charge is 2.45. The molecule has 346 valence electrons. The van der Waals surface area contributed by atoms with Gasteiger partial charge in [0, 0.05) is 50.6 Å². The van der Waals surface area contributed by atoms with Gasteiger partial charge in [-0.15, -0.1) is 5.54 Å². The average Bonchev–Trinajstić information content (AvgIpc) is 3.89. The third kappa shape index (κ3) is 8.22. The minimum atomic E-state index is -2.40. The van der Waals surface area contributed by atoms with Gasteiger partial charge in [0.15, 0.2) is 24.1 Å². The van der Waals surface area contributed by atoms with Gasteiger partial charge in [0.05, 0.1) is 28.9 Å². The summed E-state index contributed by atoms with van der Waals surface area (Å²) in [6, 6.07) is 7.09. The summed E-state index contributed by atoms with van der Waals surface area (Å²) in [6.07, 6.45) is 4.38. The quantitative estimate of drug-likeness (QED) is 0.0525. The second-order valence-corrected chi connectivity index (χ2v) is 24.6. The van der Waals surface area contributed by atoms with Crippen LogP contribution in [0.2, 0.25) is 16.6 Å². The van der Waals surface area contributed by atoms with Gasteiger partial charge in [-0.25, -0.2) is 17.6 Å². The molecule has 0 atom stereocenters. The SMILES string of the molecule is COCOc1cc(-c2c(F)cc3c(N4CCCn5nc(C(=O)N(C)C)c(F)c5C4)nc(OCC45CCCN4CCC5)nc3c2F)c2c(C#C[Si](C(C)C)(C(C)C)C(C)C)c(F)ccc2c1. The zero-order valence-corrected chi connectivity index (χ0v) is 39.9. The van der Waals surface area contributed by atoms with Crippen molar-refractivity contribution in [2.45, 2.75) is 109 Å². The van der Waals surface area contributed by atoms with Gasteiger partial charge in [-0.3, -0.25) is 14.4 Å². The van der Waals surface area contributed by atoms with Gasteiger partial charge in [-0.1, -0.05) is 53.5 Å². The summed E-state index contributed by atoms with van der Waals surface area (Å²) in [7, 11) is 2.11. The zero-order chi connectivity index (χ0) is 46.5. The van der Waals surface area contributed by atoms with E-state index in [0.29, 0.717) is 24.9 Å². The van der Waals surface area contributed by atoms with Crippen LogP contribution in [0.3, 0.4) is 0 Å². The van der Waals surface area contributed by atoms with Crippen molar-refractivity contribution >= 4 is 41.5 Å². The van der Waals surface area contributed by atoms with Crippen molar-refractivity contribution in [3.8, 4) is 34.4 Å². The van der Waals surface area contributed by atoms with Crippen molar-refractivity contribution in [2.75, 3.05) is 59.1 Å². The number of nitrogens with zero attached hydrogens (tertiary/aromatic N) is 7. The molecule has 11 nitrogen and oxygen atoms in total. The van der Waals surface area contributed by atoms with Crippen LogP contribution in [0.15, 0.2) is 30.3 Å². The summed E-state index contributed by atoms with van der Waals surface area (Å²) >= 11 is 0. The predicted molar refractivity (Wildman–Crippen MR) is 247 cm³/mol. The lowest BCUT2D eigenvalue weighted by atomic mass is 9.92. The van der Waals surface area contributed by atoms with E-state index in [0.717, 1.165) is 38.8 Å². The highest BCUT2D eigenvalue weighted by atomic mass is 28.3. The van der Waals surface area contributed by atoms with E-state index in [4.69, 9.17) is 19.2 Å². The maximum atomic E-state index is 18.0. The molecule has 3 aliphatic heterocycles. The Bertz CT molecular complexity index is 2680. The van der Waals surface area contributed by atoms with E-state index in [9.17, 15) is 4.79 Å². The average molecular weight is 914 g/mol.